The van der Waals surface area contributed by atoms with Crippen molar-refractivity contribution in [2.45, 2.75) is 257 Å². The van der Waals surface area contributed by atoms with Crippen LogP contribution >= 0.6 is 0 Å². The second-order valence-electron chi connectivity index (χ2n) is 15.7. The summed E-state index contributed by atoms with van der Waals surface area (Å²) in [5.41, 5.74) is 0. The van der Waals surface area contributed by atoms with E-state index in [0.717, 1.165) is 38.5 Å². The Morgan fingerprint density at radius 2 is 0.827 bits per heavy atom. The summed E-state index contributed by atoms with van der Waals surface area (Å²) in [6.07, 6.45) is 47.1. The summed E-state index contributed by atoms with van der Waals surface area (Å²) in [7, 11) is 0. The first-order valence-corrected chi connectivity index (χ1v) is 22.7. The van der Waals surface area contributed by atoms with Crippen LogP contribution in [-0.2, 0) is 4.79 Å². The molecule has 6 heteroatoms. The molecule has 0 aliphatic rings. The molecule has 4 atom stereocenters. The van der Waals surface area contributed by atoms with E-state index in [9.17, 15) is 25.2 Å². The number of carbonyl (C=O) groups is 1. The minimum Gasteiger partial charge on any atom is -0.394 e. The van der Waals surface area contributed by atoms with E-state index in [2.05, 4.69) is 43.5 Å². The zero-order valence-corrected chi connectivity index (χ0v) is 34.6. The summed E-state index contributed by atoms with van der Waals surface area (Å²) >= 11 is 0. The molecule has 0 aromatic heterocycles. The van der Waals surface area contributed by atoms with Gasteiger partial charge in [0.25, 0.3) is 0 Å². The summed E-state index contributed by atoms with van der Waals surface area (Å²) in [5.74, 6) is -0.597. The van der Waals surface area contributed by atoms with Gasteiger partial charge in [0.1, 0.15) is 12.2 Å². The number of amides is 1. The molecule has 4 unspecified atom stereocenters. The Balaban J connectivity index is 3.52. The monoisotopic (exact) mass is 736 g/mol. The first-order chi connectivity index (χ1) is 25.5. The Bertz CT molecular complexity index is 787. The van der Waals surface area contributed by atoms with Crippen molar-refractivity contribution in [2.24, 2.45) is 0 Å². The van der Waals surface area contributed by atoms with Gasteiger partial charge >= 0.3 is 0 Å². The number of carbonyl (C=O) groups excluding carboxylic acids is 1. The van der Waals surface area contributed by atoms with Gasteiger partial charge in [-0.2, -0.15) is 0 Å². The van der Waals surface area contributed by atoms with Gasteiger partial charge in [-0.1, -0.05) is 199 Å². The highest BCUT2D eigenvalue weighted by Crippen LogP contribution is 2.16. The topological polar surface area (TPSA) is 110 Å². The van der Waals surface area contributed by atoms with E-state index in [1.807, 2.05) is 0 Å². The molecule has 0 bridgehead atoms. The maximum atomic E-state index is 12.4. The highest BCUT2D eigenvalue weighted by atomic mass is 16.3. The Morgan fingerprint density at radius 3 is 1.23 bits per heavy atom. The quantitative estimate of drug-likeness (QED) is 0.0317. The summed E-state index contributed by atoms with van der Waals surface area (Å²) in [6, 6.07) is -0.996. The molecule has 0 aromatic rings. The van der Waals surface area contributed by atoms with Gasteiger partial charge in [0.15, 0.2) is 0 Å². The van der Waals surface area contributed by atoms with Crippen LogP contribution in [0.5, 0.6) is 0 Å². The van der Waals surface area contributed by atoms with Crippen LogP contribution in [0.2, 0.25) is 0 Å². The molecule has 0 aromatic carbocycles. The molecule has 6 nitrogen and oxygen atoms in total. The largest absolute Gasteiger partial charge is 0.394 e. The molecule has 0 spiro atoms. The lowest BCUT2D eigenvalue weighted by Gasteiger charge is -2.27. The van der Waals surface area contributed by atoms with Gasteiger partial charge in [0.05, 0.1) is 18.8 Å². The molecule has 0 aliphatic heterocycles. The molecule has 1 amide bonds. The van der Waals surface area contributed by atoms with Crippen LogP contribution in [0.4, 0.5) is 0 Å². The van der Waals surface area contributed by atoms with Crippen LogP contribution in [0.25, 0.3) is 0 Å². The molecule has 0 saturated heterocycles. The summed E-state index contributed by atoms with van der Waals surface area (Å²) in [6.45, 7) is 3.92. The average Bonchev–Trinajstić information content (AvgIpc) is 3.15. The van der Waals surface area contributed by atoms with E-state index < -0.39 is 36.9 Å². The molecule has 308 valence electrons. The predicted molar refractivity (Wildman–Crippen MR) is 224 cm³/mol. The van der Waals surface area contributed by atoms with E-state index in [0.29, 0.717) is 19.3 Å². The number of nitrogens with one attached hydrogen (secondary N) is 1. The van der Waals surface area contributed by atoms with Gasteiger partial charge in [-0.3, -0.25) is 4.79 Å². The molecule has 52 heavy (non-hydrogen) atoms. The third-order valence-electron chi connectivity index (χ3n) is 10.6. The number of allylic oxidation sites excluding steroid dienone is 4. The molecule has 0 heterocycles. The fourth-order valence-electron chi connectivity index (χ4n) is 7.00. The number of unbranched alkanes of at least 4 members (excludes halogenated alkanes) is 28. The van der Waals surface area contributed by atoms with Crippen molar-refractivity contribution in [3.63, 3.8) is 0 Å². The van der Waals surface area contributed by atoms with Crippen LogP contribution in [0.15, 0.2) is 24.3 Å². The minimum atomic E-state index is -1.28. The molecular weight excluding hydrogens is 647 g/mol. The van der Waals surface area contributed by atoms with E-state index in [4.69, 9.17) is 0 Å². The Kier molecular flexibility index (Phi) is 40.0. The molecule has 0 saturated carbocycles. The van der Waals surface area contributed by atoms with Gasteiger partial charge in [0, 0.05) is 0 Å². The second-order valence-corrected chi connectivity index (χ2v) is 15.7. The Morgan fingerprint density at radius 1 is 0.462 bits per heavy atom. The van der Waals surface area contributed by atoms with E-state index in [1.54, 1.807) is 0 Å². The van der Waals surface area contributed by atoms with Gasteiger partial charge in [-0.05, 0) is 57.8 Å². The van der Waals surface area contributed by atoms with Gasteiger partial charge < -0.3 is 25.7 Å². The maximum absolute atomic E-state index is 12.4. The van der Waals surface area contributed by atoms with E-state index in [-0.39, 0.29) is 0 Å². The Labute approximate surface area is 323 Å². The van der Waals surface area contributed by atoms with Crippen LogP contribution in [-0.4, -0.2) is 57.3 Å². The maximum Gasteiger partial charge on any atom is 0.249 e. The fourth-order valence-corrected chi connectivity index (χ4v) is 7.00. The number of hydrogen-bond donors (Lipinski definition) is 5. The summed E-state index contributed by atoms with van der Waals surface area (Å²) in [4.78, 5) is 12.4. The zero-order valence-electron chi connectivity index (χ0n) is 34.6. The van der Waals surface area contributed by atoms with E-state index in [1.165, 1.54) is 161 Å². The van der Waals surface area contributed by atoms with Gasteiger partial charge in [0.2, 0.25) is 5.91 Å². The van der Waals surface area contributed by atoms with Crippen LogP contribution in [0, 0.1) is 0 Å². The second kappa shape index (κ2) is 41.0. The summed E-state index contributed by atoms with van der Waals surface area (Å²) < 4.78 is 0. The number of hydrogen-bond acceptors (Lipinski definition) is 5. The number of aliphatic hydroxyl groups is 4. The standard InChI is InChI=1S/C46H89NO5/c1-3-5-7-9-11-12-13-14-15-16-17-18-19-20-21-22-23-24-25-26-27-28-29-30-31-32-33-34-36-38-40-44(50)46(52)47-42(41-48)45(51)43(49)39-37-35-10-8-6-4-2/h8,10,20-21,42-45,48-51H,3-7,9,11-19,22-41H2,1-2H3,(H,47,52)/b10-8+,21-20-. The molecule has 0 rings (SSSR count). The fraction of sp³-hybridized carbons (Fsp3) is 0.891. The highest BCUT2D eigenvalue weighted by molar-refractivity contribution is 5.80. The third kappa shape index (κ3) is 34.6. The van der Waals surface area contributed by atoms with Crippen LogP contribution in [0.3, 0.4) is 0 Å². The first kappa shape index (κ1) is 50.8. The van der Waals surface area contributed by atoms with Gasteiger partial charge in [-0.15, -0.1) is 0 Å². The van der Waals surface area contributed by atoms with Crippen molar-refractivity contribution in [2.75, 3.05) is 6.61 Å². The molecule has 0 fully saturated rings. The SMILES string of the molecule is CCC/C=C/CCCC(O)C(O)C(CO)NC(=O)C(O)CCCCCCCCCCCCCCCC/C=C\CCCCCCCCCCCCCC. The Hall–Kier alpha value is -1.21. The molecule has 0 radical (unpaired) electrons. The van der Waals surface area contributed by atoms with Crippen molar-refractivity contribution < 1.29 is 25.2 Å². The predicted octanol–water partition coefficient (Wildman–Crippen LogP) is 12.0. The molecular formula is C46H89NO5. The van der Waals surface area contributed by atoms with Crippen LogP contribution < -0.4 is 5.32 Å². The number of aliphatic hydroxyl groups excluding tert-OH is 4. The van der Waals surface area contributed by atoms with Crippen molar-refractivity contribution in [1.29, 1.82) is 0 Å². The normalized spacial score (nSPS) is 14.3. The minimum absolute atomic E-state index is 0.364. The van der Waals surface area contributed by atoms with Crippen molar-refractivity contribution in [3.8, 4) is 0 Å². The molecule has 0 aliphatic carbocycles. The van der Waals surface area contributed by atoms with Crippen molar-refractivity contribution >= 4 is 5.91 Å². The van der Waals surface area contributed by atoms with E-state index >= 15 is 0 Å². The number of rotatable bonds is 41. The smallest absolute Gasteiger partial charge is 0.249 e. The third-order valence-corrected chi connectivity index (χ3v) is 10.6. The first-order valence-electron chi connectivity index (χ1n) is 22.7. The van der Waals surface area contributed by atoms with Gasteiger partial charge in [-0.25, -0.2) is 0 Å². The zero-order chi connectivity index (χ0) is 38.2. The summed E-state index contributed by atoms with van der Waals surface area (Å²) in [5, 5.41) is 43.2. The molecule has 5 N–H and O–H groups in total. The van der Waals surface area contributed by atoms with Crippen molar-refractivity contribution in [1.82, 2.24) is 5.32 Å². The average molecular weight is 736 g/mol. The lowest BCUT2D eigenvalue weighted by Crippen LogP contribution is -2.53. The lowest BCUT2D eigenvalue weighted by molar-refractivity contribution is -0.132. The highest BCUT2D eigenvalue weighted by Gasteiger charge is 2.28. The van der Waals surface area contributed by atoms with Crippen molar-refractivity contribution in [3.05, 3.63) is 24.3 Å². The van der Waals surface area contributed by atoms with Crippen LogP contribution in [0.1, 0.15) is 232 Å². The lowest BCUT2D eigenvalue weighted by atomic mass is 10.00.